The number of carboxylic acids is 1. The number of amides is 1. The molecule has 7 heteroatoms. The highest BCUT2D eigenvalue weighted by Gasteiger charge is 2.52. The van der Waals surface area contributed by atoms with Crippen molar-refractivity contribution in [3.8, 4) is 0 Å². The lowest BCUT2D eigenvalue weighted by Gasteiger charge is -2.51. The molecule has 4 atom stereocenters. The maximum Gasteiger partial charge on any atom is 0.304 e. The van der Waals surface area contributed by atoms with Gasteiger partial charge in [0.1, 0.15) is 0 Å². The molecule has 1 aliphatic rings. The number of carboxylic acid groups (broad SMARTS) is 1. The van der Waals surface area contributed by atoms with E-state index in [4.69, 9.17) is 23.2 Å². The van der Waals surface area contributed by atoms with Crippen LogP contribution in [0.15, 0.2) is 48.5 Å². The van der Waals surface area contributed by atoms with Gasteiger partial charge in [-0.1, -0.05) is 61.3 Å². The number of benzene rings is 2. The molecule has 1 amide bonds. The third-order valence-corrected chi connectivity index (χ3v) is 6.81. The molecule has 1 fully saturated rings. The maximum absolute atomic E-state index is 13.8. The molecule has 1 saturated heterocycles. The fourth-order valence-electron chi connectivity index (χ4n) is 4.90. The Morgan fingerprint density at radius 1 is 1.12 bits per heavy atom. The van der Waals surface area contributed by atoms with Crippen LogP contribution in [0.25, 0.3) is 0 Å². The largest absolute Gasteiger partial charge is 0.481 e. The van der Waals surface area contributed by atoms with Gasteiger partial charge in [0, 0.05) is 16.0 Å². The highest BCUT2D eigenvalue weighted by molar-refractivity contribution is 6.30. The standard InChI is InChI=1S/C25H27Cl2NO4/c1-4-21(15(2)29)28-23(16-8-10-18(26)11-9-16)20(17-6-5-7-19(27)12-17)13-25(3,24(28)32)14-22(30)31/h5-12,20-21,23H,4,13-14H2,1-3H3,(H,30,31)/t20-,21-,23?,25-/m1/s1. The summed E-state index contributed by atoms with van der Waals surface area (Å²) in [5, 5.41) is 10.7. The summed E-state index contributed by atoms with van der Waals surface area (Å²) in [6.07, 6.45) is 0.425. The van der Waals surface area contributed by atoms with Crippen molar-refractivity contribution >= 4 is 40.9 Å². The summed E-state index contributed by atoms with van der Waals surface area (Å²) in [6.45, 7) is 5.01. The molecular formula is C25H27Cl2NO4. The molecule has 2 aromatic carbocycles. The molecule has 3 rings (SSSR count). The van der Waals surface area contributed by atoms with Gasteiger partial charge >= 0.3 is 5.97 Å². The van der Waals surface area contributed by atoms with Crippen LogP contribution in [-0.4, -0.2) is 33.7 Å². The molecule has 1 unspecified atom stereocenters. The van der Waals surface area contributed by atoms with Crippen molar-refractivity contribution in [2.75, 3.05) is 0 Å². The van der Waals surface area contributed by atoms with E-state index in [0.29, 0.717) is 22.9 Å². The molecule has 0 bridgehead atoms. The maximum atomic E-state index is 13.8. The van der Waals surface area contributed by atoms with Crippen molar-refractivity contribution in [2.24, 2.45) is 5.41 Å². The zero-order valence-corrected chi connectivity index (χ0v) is 19.9. The minimum atomic E-state index is -1.16. The van der Waals surface area contributed by atoms with Crippen LogP contribution in [0.3, 0.4) is 0 Å². The van der Waals surface area contributed by atoms with Gasteiger partial charge in [-0.05, 0) is 55.2 Å². The van der Waals surface area contributed by atoms with Crippen molar-refractivity contribution in [2.45, 2.75) is 58.0 Å². The normalized spacial score (nSPS) is 24.3. The number of rotatable bonds is 7. The number of likely N-dealkylation sites (tertiary alicyclic amines) is 1. The summed E-state index contributed by atoms with van der Waals surface area (Å²) >= 11 is 12.4. The van der Waals surface area contributed by atoms with Gasteiger partial charge in [-0.3, -0.25) is 14.4 Å². The van der Waals surface area contributed by atoms with Gasteiger partial charge in [0.25, 0.3) is 0 Å². The molecule has 0 aromatic heterocycles. The van der Waals surface area contributed by atoms with Gasteiger partial charge in [-0.25, -0.2) is 0 Å². The number of aliphatic carboxylic acids is 1. The van der Waals surface area contributed by atoms with Crippen molar-refractivity contribution in [3.63, 3.8) is 0 Å². The van der Waals surface area contributed by atoms with E-state index >= 15 is 0 Å². The predicted molar refractivity (Wildman–Crippen MR) is 125 cm³/mol. The van der Waals surface area contributed by atoms with Crippen LogP contribution in [0, 0.1) is 5.41 Å². The van der Waals surface area contributed by atoms with Crippen LogP contribution in [0.5, 0.6) is 0 Å². The van der Waals surface area contributed by atoms with Crippen LogP contribution in [0.1, 0.15) is 63.1 Å². The Labute approximate surface area is 198 Å². The summed E-state index contributed by atoms with van der Waals surface area (Å²) in [6, 6.07) is 13.5. The van der Waals surface area contributed by atoms with E-state index in [1.165, 1.54) is 6.92 Å². The fraction of sp³-hybridized carbons (Fsp3) is 0.400. The number of halogens is 2. The van der Waals surface area contributed by atoms with E-state index in [1.54, 1.807) is 30.0 Å². The summed E-state index contributed by atoms with van der Waals surface area (Å²) < 4.78 is 0. The van der Waals surface area contributed by atoms with E-state index in [9.17, 15) is 19.5 Å². The van der Waals surface area contributed by atoms with Gasteiger partial charge in [0.2, 0.25) is 5.91 Å². The monoisotopic (exact) mass is 475 g/mol. The third kappa shape index (κ3) is 4.84. The third-order valence-electron chi connectivity index (χ3n) is 6.32. The molecule has 0 spiro atoms. The number of ketones is 1. The van der Waals surface area contributed by atoms with Crippen LogP contribution < -0.4 is 0 Å². The molecule has 1 aliphatic heterocycles. The number of piperidine rings is 1. The first-order chi connectivity index (χ1) is 15.1. The molecule has 170 valence electrons. The Morgan fingerprint density at radius 2 is 1.78 bits per heavy atom. The van der Waals surface area contributed by atoms with Crippen LogP contribution in [0.4, 0.5) is 0 Å². The molecule has 0 radical (unpaired) electrons. The lowest BCUT2D eigenvalue weighted by molar-refractivity contribution is -0.162. The average Bonchev–Trinajstić information content (AvgIpc) is 2.71. The van der Waals surface area contributed by atoms with Gasteiger partial charge in [-0.15, -0.1) is 0 Å². The summed E-state index contributed by atoms with van der Waals surface area (Å²) in [5.41, 5.74) is 0.569. The molecule has 5 nitrogen and oxygen atoms in total. The Hall–Kier alpha value is -2.37. The van der Waals surface area contributed by atoms with Gasteiger partial charge < -0.3 is 10.0 Å². The van der Waals surface area contributed by atoms with E-state index in [2.05, 4.69) is 0 Å². The number of Topliss-reactive ketones (excluding diaryl/α,β-unsaturated/α-hetero) is 1. The topological polar surface area (TPSA) is 74.7 Å². The van der Waals surface area contributed by atoms with Crippen molar-refractivity contribution in [3.05, 3.63) is 69.7 Å². The molecule has 1 heterocycles. The van der Waals surface area contributed by atoms with Crippen LogP contribution >= 0.6 is 23.2 Å². The molecule has 1 N–H and O–H groups in total. The Kier molecular flexibility index (Phi) is 7.31. The van der Waals surface area contributed by atoms with Crippen molar-refractivity contribution in [1.82, 2.24) is 4.90 Å². The first-order valence-electron chi connectivity index (χ1n) is 10.6. The highest BCUT2D eigenvalue weighted by Crippen LogP contribution is 2.52. The van der Waals surface area contributed by atoms with Crippen molar-refractivity contribution < 1.29 is 19.5 Å². The van der Waals surface area contributed by atoms with Crippen LogP contribution in [0.2, 0.25) is 10.0 Å². The van der Waals surface area contributed by atoms with Gasteiger partial charge in [0.05, 0.1) is 23.9 Å². The van der Waals surface area contributed by atoms with Gasteiger partial charge in [0.15, 0.2) is 5.78 Å². The number of hydrogen-bond acceptors (Lipinski definition) is 3. The van der Waals surface area contributed by atoms with E-state index in [0.717, 1.165) is 11.1 Å². The predicted octanol–water partition coefficient (Wildman–Crippen LogP) is 5.90. The summed E-state index contributed by atoms with van der Waals surface area (Å²) in [7, 11) is 0. The second-order valence-corrected chi connectivity index (χ2v) is 9.61. The first kappa shape index (κ1) is 24.3. The van der Waals surface area contributed by atoms with E-state index in [1.807, 2.05) is 37.3 Å². The smallest absolute Gasteiger partial charge is 0.304 e. The SMILES string of the molecule is CC[C@H](C(C)=O)N1C(=O)[C@@](C)(CC(=O)O)C[C@H](c2cccc(Cl)c2)C1c1ccc(Cl)cc1. The zero-order chi connectivity index (χ0) is 23.6. The Balaban J connectivity index is 2.26. The molecule has 0 aliphatic carbocycles. The van der Waals surface area contributed by atoms with Gasteiger partial charge in [-0.2, -0.15) is 0 Å². The fourth-order valence-corrected chi connectivity index (χ4v) is 5.23. The average molecular weight is 476 g/mol. The molecule has 2 aromatic rings. The first-order valence-corrected chi connectivity index (χ1v) is 11.4. The summed E-state index contributed by atoms with van der Waals surface area (Å²) in [5.74, 6) is -1.76. The van der Waals surface area contributed by atoms with E-state index < -0.39 is 23.5 Å². The quantitative estimate of drug-likeness (QED) is 0.540. The second kappa shape index (κ2) is 9.63. The van der Waals surface area contributed by atoms with Crippen LogP contribution in [-0.2, 0) is 14.4 Å². The zero-order valence-electron chi connectivity index (χ0n) is 18.3. The summed E-state index contributed by atoms with van der Waals surface area (Å²) in [4.78, 5) is 39.8. The van der Waals surface area contributed by atoms with Crippen molar-refractivity contribution in [1.29, 1.82) is 0 Å². The van der Waals surface area contributed by atoms with E-state index in [-0.39, 0.29) is 24.0 Å². The number of carbonyl (C=O) groups excluding carboxylic acids is 2. The number of hydrogen-bond donors (Lipinski definition) is 1. The number of carbonyl (C=O) groups is 3. The molecular weight excluding hydrogens is 449 g/mol. The molecule has 0 saturated carbocycles. The highest BCUT2D eigenvalue weighted by atomic mass is 35.5. The Morgan fingerprint density at radius 3 is 2.31 bits per heavy atom. The second-order valence-electron chi connectivity index (χ2n) is 8.74. The lowest BCUT2D eigenvalue weighted by atomic mass is 9.67. The minimum Gasteiger partial charge on any atom is -0.481 e. The molecule has 32 heavy (non-hydrogen) atoms. The number of nitrogens with zero attached hydrogens (tertiary/aromatic N) is 1. The lowest BCUT2D eigenvalue weighted by Crippen LogP contribution is -2.57. The minimum absolute atomic E-state index is 0.135. The Bertz CT molecular complexity index is 1020.